The fourth-order valence-electron chi connectivity index (χ4n) is 1.75. The lowest BCUT2D eigenvalue weighted by Gasteiger charge is -2.22. The number of ether oxygens (including phenoxy) is 1. The summed E-state index contributed by atoms with van der Waals surface area (Å²) in [7, 11) is 0. The van der Waals surface area contributed by atoms with Crippen LogP contribution in [0, 0.1) is 0 Å². The van der Waals surface area contributed by atoms with Crippen molar-refractivity contribution in [1.82, 2.24) is 5.32 Å². The van der Waals surface area contributed by atoms with E-state index in [9.17, 15) is 4.79 Å². The number of amides is 1. The van der Waals surface area contributed by atoms with Crippen molar-refractivity contribution in [1.29, 1.82) is 0 Å². The Morgan fingerprint density at radius 1 is 1.20 bits per heavy atom. The molecule has 1 aliphatic heterocycles. The van der Waals surface area contributed by atoms with Gasteiger partial charge >= 0.3 is 6.09 Å². The summed E-state index contributed by atoms with van der Waals surface area (Å²) >= 11 is 4.12. The molecule has 0 spiro atoms. The van der Waals surface area contributed by atoms with E-state index in [2.05, 4.69) is 42.7 Å². The minimum Gasteiger partial charge on any atom is -0.444 e. The SMILES string of the molecule is C/C(CNC(=O)OC(C)(C)C)=C(/C)CC1SCCCS1. The van der Waals surface area contributed by atoms with Crippen molar-refractivity contribution in [3.63, 3.8) is 0 Å². The van der Waals surface area contributed by atoms with Gasteiger partial charge in [-0.1, -0.05) is 11.1 Å². The molecule has 1 fully saturated rings. The molecule has 1 N–H and O–H groups in total. The molecule has 0 saturated carbocycles. The molecule has 1 amide bonds. The van der Waals surface area contributed by atoms with Gasteiger partial charge in [-0.15, -0.1) is 23.5 Å². The monoisotopic (exact) mass is 317 g/mol. The number of hydrogen-bond acceptors (Lipinski definition) is 4. The van der Waals surface area contributed by atoms with E-state index in [0.29, 0.717) is 11.1 Å². The highest BCUT2D eigenvalue weighted by atomic mass is 32.2. The summed E-state index contributed by atoms with van der Waals surface area (Å²) in [6, 6.07) is 0. The van der Waals surface area contributed by atoms with Crippen molar-refractivity contribution in [2.45, 2.75) is 57.6 Å². The third-order valence-corrected chi connectivity index (χ3v) is 5.94. The molecule has 1 aliphatic rings. The van der Waals surface area contributed by atoms with Crippen molar-refractivity contribution in [3.05, 3.63) is 11.1 Å². The first kappa shape index (κ1) is 17.8. The predicted molar refractivity (Wildman–Crippen MR) is 90.5 cm³/mol. The van der Waals surface area contributed by atoms with E-state index in [-0.39, 0.29) is 6.09 Å². The summed E-state index contributed by atoms with van der Waals surface area (Å²) in [6.07, 6.45) is 2.09. The summed E-state index contributed by atoms with van der Waals surface area (Å²) < 4.78 is 5.92. The number of carbonyl (C=O) groups excluding carboxylic acids is 1. The van der Waals surface area contributed by atoms with E-state index in [1.807, 2.05) is 20.8 Å². The van der Waals surface area contributed by atoms with Crippen LogP contribution in [0.5, 0.6) is 0 Å². The second kappa shape index (κ2) is 8.23. The zero-order chi connectivity index (χ0) is 15.2. The molecule has 1 rings (SSSR count). The minimum absolute atomic E-state index is 0.342. The number of rotatable bonds is 4. The predicted octanol–water partition coefficient (Wildman–Crippen LogP) is 4.43. The van der Waals surface area contributed by atoms with Crippen molar-refractivity contribution in [3.8, 4) is 0 Å². The van der Waals surface area contributed by atoms with E-state index in [4.69, 9.17) is 4.74 Å². The number of alkyl carbamates (subject to hydrolysis) is 1. The van der Waals surface area contributed by atoms with E-state index >= 15 is 0 Å². The van der Waals surface area contributed by atoms with Crippen molar-refractivity contribution in [2.24, 2.45) is 0 Å². The molecule has 0 aromatic rings. The van der Waals surface area contributed by atoms with Crippen molar-refractivity contribution in [2.75, 3.05) is 18.1 Å². The topological polar surface area (TPSA) is 38.3 Å². The van der Waals surface area contributed by atoms with Gasteiger partial charge in [0.15, 0.2) is 0 Å². The summed E-state index contributed by atoms with van der Waals surface area (Å²) in [4.78, 5) is 11.6. The molecule has 1 heterocycles. The third-order valence-electron chi connectivity index (χ3n) is 2.99. The highest BCUT2D eigenvalue weighted by molar-refractivity contribution is 8.17. The average molecular weight is 318 g/mol. The van der Waals surface area contributed by atoms with Crippen LogP contribution in [0.15, 0.2) is 11.1 Å². The zero-order valence-electron chi connectivity index (χ0n) is 13.2. The number of thioether (sulfide) groups is 2. The summed E-state index contributed by atoms with van der Waals surface area (Å²) in [5, 5.41) is 2.82. The molecule has 20 heavy (non-hydrogen) atoms. The minimum atomic E-state index is -0.438. The maximum absolute atomic E-state index is 11.6. The Kier molecular flexibility index (Phi) is 7.30. The van der Waals surface area contributed by atoms with E-state index < -0.39 is 5.60 Å². The standard InChI is InChI=1S/C15H27NO2S2/c1-11(9-13-19-7-6-8-20-13)12(2)10-16-14(17)18-15(3,4)5/h13H,6-10H2,1-5H3,(H,16,17)/b12-11+. The quantitative estimate of drug-likeness (QED) is 0.778. The van der Waals surface area contributed by atoms with Crippen LogP contribution in [0.3, 0.4) is 0 Å². The molecule has 0 atom stereocenters. The molecular formula is C15H27NO2S2. The molecule has 0 radical (unpaired) electrons. The molecule has 5 heteroatoms. The summed E-state index contributed by atoms with van der Waals surface area (Å²) in [6.45, 7) is 10.4. The summed E-state index contributed by atoms with van der Waals surface area (Å²) in [5.74, 6) is 2.56. The average Bonchev–Trinajstić information content (AvgIpc) is 2.35. The van der Waals surface area contributed by atoms with Crippen LogP contribution in [-0.2, 0) is 4.74 Å². The first-order chi connectivity index (χ1) is 9.28. The second-order valence-electron chi connectivity index (χ2n) is 6.14. The molecule has 0 unspecified atom stereocenters. The fraction of sp³-hybridized carbons (Fsp3) is 0.800. The Hall–Kier alpha value is -0.290. The van der Waals surface area contributed by atoms with Gasteiger partial charge in [-0.2, -0.15) is 0 Å². The van der Waals surface area contributed by atoms with Crippen LogP contribution >= 0.6 is 23.5 Å². The number of nitrogens with one attached hydrogen (secondary N) is 1. The van der Waals surface area contributed by atoms with Crippen LogP contribution in [-0.4, -0.2) is 34.3 Å². The molecule has 1 saturated heterocycles. The van der Waals surface area contributed by atoms with Gasteiger partial charge in [0, 0.05) is 6.54 Å². The number of allylic oxidation sites excluding steroid dienone is 1. The number of carbonyl (C=O) groups is 1. The first-order valence-corrected chi connectivity index (χ1v) is 9.23. The van der Waals surface area contributed by atoms with Gasteiger partial charge in [0.25, 0.3) is 0 Å². The van der Waals surface area contributed by atoms with Crippen LogP contribution in [0.2, 0.25) is 0 Å². The fourth-order valence-corrected chi connectivity index (χ4v) is 4.78. The van der Waals surface area contributed by atoms with Crippen molar-refractivity contribution >= 4 is 29.6 Å². The Labute approximate surface area is 131 Å². The molecular weight excluding hydrogens is 290 g/mol. The lowest BCUT2D eigenvalue weighted by Crippen LogP contribution is -2.33. The lowest BCUT2D eigenvalue weighted by molar-refractivity contribution is 0.0532. The maximum Gasteiger partial charge on any atom is 0.407 e. The molecule has 0 aromatic carbocycles. The highest BCUT2D eigenvalue weighted by Crippen LogP contribution is 2.35. The molecule has 3 nitrogen and oxygen atoms in total. The van der Waals surface area contributed by atoms with E-state index in [1.165, 1.54) is 29.1 Å². The van der Waals surface area contributed by atoms with Gasteiger partial charge in [-0.25, -0.2) is 4.79 Å². The third kappa shape index (κ3) is 7.48. The molecule has 116 valence electrons. The van der Waals surface area contributed by atoms with E-state index in [1.54, 1.807) is 0 Å². The normalized spacial score (nSPS) is 18.4. The Morgan fingerprint density at radius 3 is 2.35 bits per heavy atom. The van der Waals surface area contributed by atoms with Gasteiger partial charge < -0.3 is 10.1 Å². The van der Waals surface area contributed by atoms with Crippen LogP contribution < -0.4 is 5.32 Å². The number of hydrogen-bond donors (Lipinski definition) is 1. The largest absolute Gasteiger partial charge is 0.444 e. The molecule has 0 bridgehead atoms. The van der Waals surface area contributed by atoms with E-state index in [0.717, 1.165) is 6.42 Å². The van der Waals surface area contributed by atoms with Gasteiger partial charge in [-0.3, -0.25) is 0 Å². The zero-order valence-corrected chi connectivity index (χ0v) is 14.9. The molecule has 0 aliphatic carbocycles. The molecule has 0 aromatic heterocycles. The first-order valence-electron chi connectivity index (χ1n) is 7.13. The van der Waals surface area contributed by atoms with Crippen molar-refractivity contribution < 1.29 is 9.53 Å². The summed E-state index contributed by atoms with van der Waals surface area (Å²) in [5.41, 5.74) is 2.18. The van der Waals surface area contributed by atoms with Crippen LogP contribution in [0.1, 0.15) is 47.5 Å². The van der Waals surface area contributed by atoms with Gasteiger partial charge in [0.2, 0.25) is 0 Å². The highest BCUT2D eigenvalue weighted by Gasteiger charge is 2.17. The van der Waals surface area contributed by atoms with Gasteiger partial charge in [0.05, 0.1) is 4.58 Å². The van der Waals surface area contributed by atoms with Crippen LogP contribution in [0.4, 0.5) is 4.79 Å². The Balaban J connectivity index is 2.37. The smallest absolute Gasteiger partial charge is 0.407 e. The Morgan fingerprint density at radius 2 is 1.80 bits per heavy atom. The van der Waals surface area contributed by atoms with Crippen LogP contribution in [0.25, 0.3) is 0 Å². The Bertz CT molecular complexity index is 355. The van der Waals surface area contributed by atoms with Gasteiger partial charge in [-0.05, 0) is 59.0 Å². The van der Waals surface area contributed by atoms with Gasteiger partial charge in [0.1, 0.15) is 5.60 Å². The maximum atomic E-state index is 11.6. The lowest BCUT2D eigenvalue weighted by atomic mass is 10.1. The second-order valence-corrected chi connectivity index (χ2v) is 9.06.